The molecule has 0 bridgehead atoms. The number of anilines is 1. The topological polar surface area (TPSA) is 85.5 Å². The van der Waals surface area contributed by atoms with E-state index in [4.69, 9.17) is 9.47 Å². The Hall–Kier alpha value is -3.10. The van der Waals surface area contributed by atoms with E-state index in [0.717, 1.165) is 55.3 Å². The summed E-state index contributed by atoms with van der Waals surface area (Å²) in [6.45, 7) is 9.19. The van der Waals surface area contributed by atoms with Gasteiger partial charge in [0.15, 0.2) is 18.0 Å². The number of aryl methyl sites for hydroxylation is 2. The Labute approximate surface area is 182 Å². The predicted molar refractivity (Wildman–Crippen MR) is 116 cm³/mol. The van der Waals surface area contributed by atoms with Crippen molar-refractivity contribution in [3.63, 3.8) is 0 Å². The fourth-order valence-electron chi connectivity index (χ4n) is 4.16. The lowest BCUT2D eigenvalue weighted by Crippen LogP contribution is -3.28. The van der Waals surface area contributed by atoms with Gasteiger partial charge in [-0.15, -0.1) is 0 Å². The summed E-state index contributed by atoms with van der Waals surface area (Å²) < 4.78 is 10.8. The van der Waals surface area contributed by atoms with Gasteiger partial charge in [0, 0.05) is 11.3 Å². The van der Waals surface area contributed by atoms with Crippen LogP contribution in [0.5, 0.6) is 11.5 Å². The first-order valence-corrected chi connectivity index (χ1v) is 10.7. The number of imide groups is 1. The number of piperazine rings is 1. The first-order valence-electron chi connectivity index (χ1n) is 10.7. The number of amides is 3. The minimum Gasteiger partial charge on any atom is -0.454 e. The van der Waals surface area contributed by atoms with Crippen molar-refractivity contribution in [3.8, 4) is 11.5 Å². The van der Waals surface area contributed by atoms with Crippen LogP contribution < -0.4 is 29.9 Å². The lowest BCUT2D eigenvalue weighted by Gasteiger charge is -2.29. The molecule has 0 aromatic heterocycles. The molecule has 1 saturated heterocycles. The molecule has 8 heteroatoms. The number of rotatable bonds is 5. The molecule has 8 nitrogen and oxygen atoms in total. The second kappa shape index (κ2) is 9.36. The van der Waals surface area contributed by atoms with Crippen molar-refractivity contribution in [2.24, 2.45) is 0 Å². The maximum absolute atomic E-state index is 12.3. The van der Waals surface area contributed by atoms with Gasteiger partial charge in [-0.25, -0.2) is 4.79 Å². The maximum Gasteiger partial charge on any atom is 0.326 e. The van der Waals surface area contributed by atoms with Gasteiger partial charge in [-0.3, -0.25) is 10.1 Å². The van der Waals surface area contributed by atoms with E-state index < -0.39 is 6.03 Å². The third-order valence-corrected chi connectivity index (χ3v) is 5.85. The predicted octanol–water partition coefficient (Wildman–Crippen LogP) is -0.336. The summed E-state index contributed by atoms with van der Waals surface area (Å²) in [5, 5.41) is 5.20. The Kier molecular flexibility index (Phi) is 6.39. The van der Waals surface area contributed by atoms with Crippen LogP contribution in [0.2, 0.25) is 0 Å². The Morgan fingerprint density at radius 2 is 1.68 bits per heavy atom. The fourth-order valence-corrected chi connectivity index (χ4v) is 4.16. The van der Waals surface area contributed by atoms with Crippen LogP contribution in [0.3, 0.4) is 0 Å². The summed E-state index contributed by atoms with van der Waals surface area (Å²) in [6.07, 6.45) is 0. The van der Waals surface area contributed by atoms with E-state index in [-0.39, 0.29) is 5.91 Å². The van der Waals surface area contributed by atoms with Gasteiger partial charge >= 0.3 is 6.03 Å². The van der Waals surface area contributed by atoms with E-state index in [1.807, 2.05) is 38.1 Å². The zero-order valence-electron chi connectivity index (χ0n) is 18.0. The molecule has 1 fully saturated rings. The van der Waals surface area contributed by atoms with Gasteiger partial charge in [0.2, 0.25) is 6.79 Å². The highest BCUT2D eigenvalue weighted by molar-refractivity contribution is 6.01. The number of hydrogen-bond acceptors (Lipinski definition) is 4. The van der Waals surface area contributed by atoms with E-state index in [1.54, 1.807) is 0 Å². The molecule has 4 N–H and O–H groups in total. The molecule has 0 aliphatic carbocycles. The van der Waals surface area contributed by atoms with Crippen molar-refractivity contribution in [2.75, 3.05) is 44.8 Å². The lowest BCUT2D eigenvalue weighted by molar-refractivity contribution is -1.02. The second-order valence-electron chi connectivity index (χ2n) is 8.36. The summed E-state index contributed by atoms with van der Waals surface area (Å²) in [5.41, 5.74) is 4.03. The van der Waals surface area contributed by atoms with E-state index in [9.17, 15) is 9.59 Å². The normalized spacial score (nSPS) is 19.7. The summed E-state index contributed by atoms with van der Waals surface area (Å²) in [4.78, 5) is 27.2. The van der Waals surface area contributed by atoms with Crippen molar-refractivity contribution in [2.45, 2.75) is 20.4 Å². The highest BCUT2D eigenvalue weighted by Gasteiger charge is 2.26. The van der Waals surface area contributed by atoms with Gasteiger partial charge in [0.1, 0.15) is 32.7 Å². The summed E-state index contributed by atoms with van der Waals surface area (Å²) in [6, 6.07) is 11.4. The van der Waals surface area contributed by atoms with Crippen LogP contribution in [-0.4, -0.2) is 51.5 Å². The Balaban J connectivity index is 1.19. The lowest BCUT2D eigenvalue weighted by atomic mass is 10.1. The zero-order valence-corrected chi connectivity index (χ0v) is 18.0. The minimum atomic E-state index is -0.483. The smallest absolute Gasteiger partial charge is 0.326 e. The first-order chi connectivity index (χ1) is 15.0. The van der Waals surface area contributed by atoms with Crippen LogP contribution >= 0.6 is 0 Å². The monoisotopic (exact) mass is 426 g/mol. The molecule has 2 aliphatic rings. The first kappa shape index (κ1) is 21.1. The number of quaternary nitrogens is 2. The molecule has 164 valence electrons. The number of carbonyl (C=O) groups is 2. The van der Waals surface area contributed by atoms with Crippen molar-refractivity contribution in [3.05, 3.63) is 53.1 Å². The molecule has 0 atom stereocenters. The molecule has 31 heavy (non-hydrogen) atoms. The van der Waals surface area contributed by atoms with Crippen LogP contribution in [-0.2, 0) is 11.3 Å². The van der Waals surface area contributed by atoms with Gasteiger partial charge in [-0.05, 0) is 43.7 Å². The van der Waals surface area contributed by atoms with Crippen LogP contribution in [0.25, 0.3) is 0 Å². The summed E-state index contributed by atoms with van der Waals surface area (Å²) in [5.74, 6) is 1.37. The van der Waals surface area contributed by atoms with Crippen molar-refractivity contribution in [1.29, 1.82) is 0 Å². The average Bonchev–Trinajstić information content (AvgIpc) is 3.19. The average molecular weight is 427 g/mol. The third kappa shape index (κ3) is 5.53. The number of nitrogens with one attached hydrogen (secondary N) is 4. The van der Waals surface area contributed by atoms with Gasteiger partial charge in [-0.1, -0.05) is 17.7 Å². The van der Waals surface area contributed by atoms with Gasteiger partial charge in [0.25, 0.3) is 5.91 Å². The zero-order chi connectivity index (χ0) is 21.8. The third-order valence-electron chi connectivity index (χ3n) is 5.85. The van der Waals surface area contributed by atoms with Crippen molar-refractivity contribution >= 4 is 17.6 Å². The molecule has 4 rings (SSSR count). The number of benzene rings is 2. The number of ether oxygens (including phenoxy) is 2. The van der Waals surface area contributed by atoms with Gasteiger partial charge in [0.05, 0.1) is 0 Å². The molecular formula is C23H30N4O4+2. The van der Waals surface area contributed by atoms with Gasteiger partial charge < -0.3 is 24.6 Å². The minimum absolute atomic E-state index is 0.253. The van der Waals surface area contributed by atoms with E-state index in [1.165, 1.54) is 15.4 Å². The Morgan fingerprint density at radius 1 is 0.935 bits per heavy atom. The molecule has 2 aromatic carbocycles. The molecule has 0 unspecified atom stereocenters. The largest absolute Gasteiger partial charge is 0.454 e. The van der Waals surface area contributed by atoms with E-state index >= 15 is 0 Å². The fraction of sp³-hybridized carbons (Fsp3) is 0.391. The van der Waals surface area contributed by atoms with Crippen LogP contribution in [0.1, 0.15) is 16.7 Å². The number of carbonyl (C=O) groups excluding carboxylic acids is 2. The highest BCUT2D eigenvalue weighted by atomic mass is 16.7. The highest BCUT2D eigenvalue weighted by Crippen LogP contribution is 2.32. The molecule has 0 saturated carbocycles. The summed E-state index contributed by atoms with van der Waals surface area (Å²) >= 11 is 0. The van der Waals surface area contributed by atoms with Crippen molar-refractivity contribution < 1.29 is 28.9 Å². The molecular weight excluding hydrogens is 396 g/mol. The van der Waals surface area contributed by atoms with Crippen LogP contribution in [0.15, 0.2) is 36.4 Å². The molecule has 2 aromatic rings. The van der Waals surface area contributed by atoms with Crippen molar-refractivity contribution in [1.82, 2.24) is 5.32 Å². The second-order valence-corrected chi connectivity index (χ2v) is 8.36. The molecule has 3 amide bonds. The number of urea groups is 1. The summed E-state index contributed by atoms with van der Waals surface area (Å²) in [7, 11) is 0. The molecule has 2 aliphatic heterocycles. The standard InChI is InChI=1S/C23H28N4O4/c1-16-3-5-19(17(2)11-16)24-23(29)25-22(28)14-27-9-7-26(8-10-27)13-18-4-6-20-21(12-18)31-15-30-20/h3-6,11-12H,7-10,13-15H2,1-2H3,(H2,24,25,28,29)/p+2. The Bertz CT molecular complexity index is 970. The number of fused-ring (bicyclic) bond motifs is 1. The van der Waals surface area contributed by atoms with Crippen LogP contribution in [0.4, 0.5) is 10.5 Å². The number of hydrogen-bond donors (Lipinski definition) is 4. The molecule has 2 heterocycles. The van der Waals surface area contributed by atoms with E-state index in [2.05, 4.69) is 22.8 Å². The Morgan fingerprint density at radius 3 is 2.45 bits per heavy atom. The SMILES string of the molecule is Cc1ccc(NC(=O)NC(=O)C[NH+]2CC[NH+](Cc3ccc4c(c3)OCO4)CC2)c(C)c1. The maximum atomic E-state index is 12.3. The quantitative estimate of drug-likeness (QED) is 0.527. The molecule has 0 radical (unpaired) electrons. The van der Waals surface area contributed by atoms with E-state index in [0.29, 0.717) is 19.0 Å². The molecule has 0 spiro atoms. The van der Waals surface area contributed by atoms with Gasteiger partial charge in [-0.2, -0.15) is 0 Å². The van der Waals surface area contributed by atoms with Crippen LogP contribution in [0, 0.1) is 13.8 Å².